The van der Waals surface area contributed by atoms with Crippen LogP contribution < -0.4 is 10.2 Å². The summed E-state index contributed by atoms with van der Waals surface area (Å²) in [6, 6.07) is 4.01. The number of rotatable bonds is 2. The lowest BCUT2D eigenvalue weighted by atomic mass is 9.75. The highest BCUT2D eigenvalue weighted by Crippen LogP contribution is 2.38. The number of hydrogen-bond acceptors (Lipinski definition) is 5. The Morgan fingerprint density at radius 2 is 1.96 bits per heavy atom. The molecule has 4 heterocycles. The molecule has 0 aromatic carbocycles. The average Bonchev–Trinajstić information content (AvgIpc) is 3.16. The number of piperidine rings is 1. The van der Waals surface area contributed by atoms with E-state index in [1.165, 1.54) is 44.2 Å². The summed E-state index contributed by atoms with van der Waals surface area (Å²) >= 11 is 0. The van der Waals surface area contributed by atoms with Crippen LogP contribution in [0.5, 0.6) is 0 Å². The van der Waals surface area contributed by atoms with Crippen molar-refractivity contribution in [3.05, 3.63) is 35.8 Å². The lowest BCUT2D eigenvalue weighted by Gasteiger charge is -2.42. The fourth-order valence-corrected chi connectivity index (χ4v) is 4.83. The fraction of sp³-hybridized carbons (Fsp3) is 0.550. The van der Waals surface area contributed by atoms with Crippen molar-refractivity contribution in [2.75, 3.05) is 18.0 Å². The minimum atomic E-state index is 0.816. The molecule has 0 radical (unpaired) electrons. The Morgan fingerprint density at radius 3 is 2.84 bits per heavy atom. The van der Waals surface area contributed by atoms with Crippen molar-refractivity contribution in [3.8, 4) is 11.4 Å². The van der Waals surface area contributed by atoms with E-state index in [1.54, 1.807) is 6.20 Å². The third-order valence-electron chi connectivity index (χ3n) is 6.18. The van der Waals surface area contributed by atoms with Crippen molar-refractivity contribution in [2.24, 2.45) is 11.8 Å². The van der Waals surface area contributed by atoms with Crippen LogP contribution in [0.2, 0.25) is 0 Å². The summed E-state index contributed by atoms with van der Waals surface area (Å²) in [4.78, 5) is 16.6. The van der Waals surface area contributed by atoms with Gasteiger partial charge in [-0.1, -0.05) is 19.3 Å². The number of hydrogen-bond donors (Lipinski definition) is 1. The molecule has 2 aromatic heterocycles. The fourth-order valence-electron chi connectivity index (χ4n) is 4.83. The van der Waals surface area contributed by atoms with Gasteiger partial charge in [-0.05, 0) is 36.8 Å². The molecule has 25 heavy (non-hydrogen) atoms. The zero-order valence-corrected chi connectivity index (χ0v) is 14.6. The standard InChI is InChI=1S/C20H25N5/c1-2-5-16-13-25(9-7-14(16)4-1)20-17-11-22-12-18(17)23-19(24-20)15-6-3-8-21-10-15/h3,6,8,10,14,16,22H,1-2,4-5,7,9,11-13H2/t14-,16+/m1/s1. The first-order chi connectivity index (χ1) is 12.4. The highest BCUT2D eigenvalue weighted by atomic mass is 15.2. The number of fused-ring (bicyclic) bond motifs is 2. The van der Waals surface area contributed by atoms with Crippen LogP contribution in [0.25, 0.3) is 11.4 Å². The van der Waals surface area contributed by atoms with E-state index in [0.717, 1.165) is 54.4 Å². The molecule has 5 heteroatoms. The molecule has 130 valence electrons. The second-order valence-electron chi connectivity index (χ2n) is 7.68. The van der Waals surface area contributed by atoms with Gasteiger partial charge < -0.3 is 10.2 Å². The molecule has 1 saturated heterocycles. The van der Waals surface area contributed by atoms with E-state index in [1.807, 2.05) is 18.3 Å². The van der Waals surface area contributed by atoms with E-state index in [-0.39, 0.29) is 0 Å². The van der Waals surface area contributed by atoms with Crippen molar-refractivity contribution < 1.29 is 0 Å². The molecule has 1 aliphatic carbocycles. The number of pyridine rings is 1. The van der Waals surface area contributed by atoms with Gasteiger partial charge in [-0.15, -0.1) is 0 Å². The summed E-state index contributed by atoms with van der Waals surface area (Å²) in [5.74, 6) is 3.77. The molecule has 5 rings (SSSR count). The molecule has 1 N–H and O–H groups in total. The van der Waals surface area contributed by atoms with E-state index < -0.39 is 0 Å². The molecular formula is C20H25N5. The number of nitrogens with one attached hydrogen (secondary N) is 1. The number of aromatic nitrogens is 3. The summed E-state index contributed by atoms with van der Waals surface area (Å²) in [5, 5.41) is 3.46. The van der Waals surface area contributed by atoms with E-state index in [0.29, 0.717) is 0 Å². The van der Waals surface area contributed by atoms with Crippen molar-refractivity contribution >= 4 is 5.82 Å². The third-order valence-corrected chi connectivity index (χ3v) is 6.18. The van der Waals surface area contributed by atoms with Gasteiger partial charge in [0, 0.05) is 49.7 Å². The Morgan fingerprint density at radius 1 is 1.04 bits per heavy atom. The lowest BCUT2D eigenvalue weighted by Crippen LogP contribution is -2.42. The molecule has 2 aliphatic heterocycles. The van der Waals surface area contributed by atoms with Crippen molar-refractivity contribution in [1.29, 1.82) is 0 Å². The largest absolute Gasteiger partial charge is 0.356 e. The van der Waals surface area contributed by atoms with Gasteiger partial charge in [-0.3, -0.25) is 4.98 Å². The van der Waals surface area contributed by atoms with Crippen LogP contribution in [-0.2, 0) is 13.1 Å². The monoisotopic (exact) mass is 335 g/mol. The van der Waals surface area contributed by atoms with Gasteiger partial charge in [0.25, 0.3) is 0 Å². The smallest absolute Gasteiger partial charge is 0.163 e. The minimum Gasteiger partial charge on any atom is -0.356 e. The highest BCUT2D eigenvalue weighted by Gasteiger charge is 2.33. The van der Waals surface area contributed by atoms with Crippen LogP contribution in [0.4, 0.5) is 5.82 Å². The quantitative estimate of drug-likeness (QED) is 0.914. The summed E-state index contributed by atoms with van der Waals surface area (Å²) in [6.07, 6.45) is 10.6. The van der Waals surface area contributed by atoms with Gasteiger partial charge in [0.15, 0.2) is 5.82 Å². The van der Waals surface area contributed by atoms with Crippen LogP contribution in [0, 0.1) is 11.8 Å². The molecule has 0 amide bonds. The average molecular weight is 335 g/mol. The molecule has 0 bridgehead atoms. The first-order valence-electron chi connectivity index (χ1n) is 9.64. The van der Waals surface area contributed by atoms with Gasteiger partial charge in [-0.2, -0.15) is 0 Å². The molecule has 2 fully saturated rings. The Labute approximate surface area is 148 Å². The van der Waals surface area contributed by atoms with Gasteiger partial charge in [0.2, 0.25) is 0 Å². The first-order valence-corrected chi connectivity index (χ1v) is 9.64. The zero-order valence-electron chi connectivity index (χ0n) is 14.6. The summed E-state index contributed by atoms with van der Waals surface area (Å²) in [7, 11) is 0. The van der Waals surface area contributed by atoms with Crippen molar-refractivity contribution in [3.63, 3.8) is 0 Å². The van der Waals surface area contributed by atoms with Crippen LogP contribution in [-0.4, -0.2) is 28.0 Å². The summed E-state index contributed by atoms with van der Waals surface area (Å²) in [6.45, 7) is 4.04. The maximum Gasteiger partial charge on any atom is 0.163 e. The SMILES string of the molecule is c1cncc(-c2nc3c(c(N4CC[C@H]5CCCC[C@H]5C4)n2)CNC3)c1. The van der Waals surface area contributed by atoms with Gasteiger partial charge in [0.05, 0.1) is 5.69 Å². The molecule has 0 unspecified atom stereocenters. The summed E-state index contributed by atoms with van der Waals surface area (Å²) < 4.78 is 0. The van der Waals surface area contributed by atoms with Gasteiger partial charge in [0.1, 0.15) is 5.82 Å². The molecule has 1 saturated carbocycles. The highest BCUT2D eigenvalue weighted by molar-refractivity contribution is 5.60. The Hall–Kier alpha value is -2.01. The van der Waals surface area contributed by atoms with Crippen LogP contribution in [0.15, 0.2) is 24.5 Å². The normalized spacial score (nSPS) is 25.5. The van der Waals surface area contributed by atoms with Crippen LogP contribution in [0.1, 0.15) is 43.4 Å². The van der Waals surface area contributed by atoms with Gasteiger partial charge >= 0.3 is 0 Å². The number of anilines is 1. The predicted octanol–water partition coefficient (Wildman–Crippen LogP) is 3.16. The maximum atomic E-state index is 5.01. The molecule has 2 aromatic rings. The van der Waals surface area contributed by atoms with E-state index in [2.05, 4.69) is 15.2 Å². The van der Waals surface area contributed by atoms with Gasteiger partial charge in [-0.25, -0.2) is 9.97 Å². The molecule has 5 nitrogen and oxygen atoms in total. The maximum absolute atomic E-state index is 5.01. The zero-order chi connectivity index (χ0) is 16.6. The third kappa shape index (κ3) is 2.80. The van der Waals surface area contributed by atoms with E-state index in [4.69, 9.17) is 9.97 Å². The van der Waals surface area contributed by atoms with Crippen molar-refractivity contribution in [2.45, 2.75) is 45.2 Å². The topological polar surface area (TPSA) is 53.9 Å². The lowest BCUT2D eigenvalue weighted by molar-refractivity contribution is 0.202. The van der Waals surface area contributed by atoms with E-state index >= 15 is 0 Å². The predicted molar refractivity (Wildman–Crippen MR) is 98.1 cm³/mol. The number of nitrogens with zero attached hydrogens (tertiary/aromatic N) is 4. The van der Waals surface area contributed by atoms with E-state index in [9.17, 15) is 0 Å². The molecule has 3 aliphatic rings. The Bertz CT molecular complexity index is 760. The summed E-state index contributed by atoms with van der Waals surface area (Å²) in [5.41, 5.74) is 3.47. The molecule has 0 spiro atoms. The molecule has 2 atom stereocenters. The first kappa shape index (κ1) is 15.3. The van der Waals surface area contributed by atoms with Crippen LogP contribution in [0.3, 0.4) is 0 Å². The second kappa shape index (κ2) is 6.37. The second-order valence-corrected chi connectivity index (χ2v) is 7.68. The van der Waals surface area contributed by atoms with Crippen LogP contribution >= 0.6 is 0 Å². The minimum absolute atomic E-state index is 0.816. The Balaban J connectivity index is 1.51. The van der Waals surface area contributed by atoms with Crippen molar-refractivity contribution in [1.82, 2.24) is 20.3 Å². The Kier molecular flexibility index (Phi) is 3.89. The molecular weight excluding hydrogens is 310 g/mol.